The van der Waals surface area contributed by atoms with E-state index < -0.39 is 59.9 Å². The monoisotopic (exact) mass is 484 g/mol. The summed E-state index contributed by atoms with van der Waals surface area (Å²) >= 11 is 0. The van der Waals surface area contributed by atoms with E-state index in [-0.39, 0.29) is 5.91 Å². The lowest BCUT2D eigenvalue weighted by Gasteiger charge is -2.30. The van der Waals surface area contributed by atoms with Gasteiger partial charge in [0.15, 0.2) is 0 Å². The molecule has 34 heavy (non-hydrogen) atoms. The quantitative estimate of drug-likeness (QED) is 0.281. The van der Waals surface area contributed by atoms with E-state index in [1.807, 2.05) is 0 Å². The maximum atomic E-state index is 12.7. The molecule has 0 heterocycles. The first-order valence-electron chi connectivity index (χ1n) is 11.1. The van der Waals surface area contributed by atoms with Crippen molar-refractivity contribution >= 4 is 35.8 Å². The van der Waals surface area contributed by atoms with Crippen LogP contribution in [0.3, 0.4) is 0 Å². The molecule has 3 N–H and O–H groups in total. The van der Waals surface area contributed by atoms with Crippen LogP contribution in [0.25, 0.3) is 0 Å². The van der Waals surface area contributed by atoms with Gasteiger partial charge >= 0.3 is 0 Å². The van der Waals surface area contributed by atoms with Gasteiger partial charge in [0.25, 0.3) is 0 Å². The fourth-order valence-electron chi connectivity index (χ4n) is 2.75. The Kier molecular flexibility index (Phi) is 12.4. The smallest absolute Gasteiger partial charge is 0.245 e. The molecule has 0 saturated heterocycles. The predicted octanol–water partition coefficient (Wildman–Crippen LogP) is -1.66. The molecule has 0 aliphatic carbocycles. The van der Waals surface area contributed by atoms with Crippen molar-refractivity contribution in [3.05, 3.63) is 0 Å². The van der Waals surface area contributed by atoms with Crippen LogP contribution >= 0.6 is 0 Å². The van der Waals surface area contributed by atoms with Gasteiger partial charge in [-0.25, -0.2) is 0 Å². The highest BCUT2D eigenvalue weighted by Crippen LogP contribution is 2.05. The SMILES string of the molecule is CC(C=O)NC(=O)C(C)N(C)C(=O)C(C)NC(=O)C(C)N(C)C(=O)C(C)NC(=O)C(C)N(C)C. The molecule has 0 radical (unpaired) electrons. The van der Waals surface area contributed by atoms with Crippen molar-refractivity contribution in [3.63, 3.8) is 0 Å². The molecule has 0 spiro atoms. The minimum atomic E-state index is -0.972. The molecule has 0 aromatic carbocycles. The van der Waals surface area contributed by atoms with Crippen molar-refractivity contribution in [2.24, 2.45) is 0 Å². The predicted molar refractivity (Wildman–Crippen MR) is 126 cm³/mol. The fraction of sp³-hybridized carbons (Fsp3) is 0.727. The number of hydrogen-bond acceptors (Lipinski definition) is 7. The lowest BCUT2D eigenvalue weighted by molar-refractivity contribution is -0.144. The maximum absolute atomic E-state index is 12.7. The van der Waals surface area contributed by atoms with E-state index in [9.17, 15) is 28.8 Å². The van der Waals surface area contributed by atoms with Gasteiger partial charge in [-0.05, 0) is 55.6 Å². The largest absolute Gasteiger partial charge is 0.345 e. The molecule has 0 fully saturated rings. The Morgan fingerprint density at radius 2 is 0.912 bits per heavy atom. The Bertz CT molecular complexity index is 773. The topological polar surface area (TPSA) is 148 Å². The van der Waals surface area contributed by atoms with E-state index in [1.54, 1.807) is 25.9 Å². The third-order valence-corrected chi connectivity index (χ3v) is 5.80. The highest BCUT2D eigenvalue weighted by molar-refractivity contribution is 5.95. The van der Waals surface area contributed by atoms with Gasteiger partial charge in [0.2, 0.25) is 29.5 Å². The molecule has 6 atom stereocenters. The molecule has 12 nitrogen and oxygen atoms in total. The summed E-state index contributed by atoms with van der Waals surface area (Å²) in [6.07, 6.45) is 0.573. The van der Waals surface area contributed by atoms with Crippen LogP contribution in [0.4, 0.5) is 0 Å². The van der Waals surface area contributed by atoms with Crippen LogP contribution in [0, 0.1) is 0 Å². The van der Waals surface area contributed by atoms with Crippen LogP contribution in [-0.2, 0) is 28.8 Å². The minimum absolute atomic E-state index is 0.320. The molecule has 0 bridgehead atoms. The van der Waals surface area contributed by atoms with E-state index in [0.717, 1.165) is 0 Å². The van der Waals surface area contributed by atoms with Gasteiger partial charge in [-0.3, -0.25) is 28.9 Å². The highest BCUT2D eigenvalue weighted by atomic mass is 16.2. The van der Waals surface area contributed by atoms with Crippen molar-refractivity contribution in [2.45, 2.75) is 77.8 Å². The Morgan fingerprint density at radius 3 is 1.24 bits per heavy atom. The normalized spacial score (nSPS) is 16.2. The van der Waals surface area contributed by atoms with Crippen LogP contribution in [0.5, 0.6) is 0 Å². The summed E-state index contributed by atoms with van der Waals surface area (Å²) in [5.74, 6) is -2.38. The Morgan fingerprint density at radius 1 is 0.588 bits per heavy atom. The number of likely N-dealkylation sites (N-methyl/N-ethyl adjacent to an activating group) is 3. The van der Waals surface area contributed by atoms with Crippen LogP contribution in [0.15, 0.2) is 0 Å². The number of nitrogens with zero attached hydrogens (tertiary/aromatic N) is 3. The molecule has 0 aromatic heterocycles. The zero-order chi connectivity index (χ0) is 26.9. The Balaban J connectivity index is 5.02. The third kappa shape index (κ3) is 8.73. The summed E-state index contributed by atoms with van der Waals surface area (Å²) < 4.78 is 0. The molecular weight excluding hydrogens is 444 g/mol. The lowest BCUT2D eigenvalue weighted by atomic mass is 10.1. The molecule has 0 aliphatic heterocycles. The van der Waals surface area contributed by atoms with Crippen LogP contribution in [0.2, 0.25) is 0 Å². The van der Waals surface area contributed by atoms with Gasteiger partial charge in [-0.1, -0.05) is 0 Å². The summed E-state index contributed by atoms with van der Waals surface area (Å²) in [6, 6.07) is -4.74. The van der Waals surface area contributed by atoms with Gasteiger partial charge in [0.1, 0.15) is 30.5 Å². The van der Waals surface area contributed by atoms with Gasteiger partial charge in [0, 0.05) is 14.1 Å². The molecule has 0 saturated carbocycles. The summed E-state index contributed by atoms with van der Waals surface area (Å²) in [5, 5.41) is 7.64. The highest BCUT2D eigenvalue weighted by Gasteiger charge is 2.31. The summed E-state index contributed by atoms with van der Waals surface area (Å²) in [5.41, 5.74) is 0. The van der Waals surface area contributed by atoms with E-state index in [4.69, 9.17) is 0 Å². The molecule has 6 unspecified atom stereocenters. The van der Waals surface area contributed by atoms with E-state index in [2.05, 4.69) is 16.0 Å². The van der Waals surface area contributed by atoms with Gasteiger partial charge in [0.05, 0.1) is 12.1 Å². The Hall–Kier alpha value is -3.02. The average Bonchev–Trinajstić information content (AvgIpc) is 2.79. The summed E-state index contributed by atoms with van der Waals surface area (Å²) in [6.45, 7) is 9.22. The Labute approximate surface area is 201 Å². The van der Waals surface area contributed by atoms with Crippen molar-refractivity contribution in [1.82, 2.24) is 30.7 Å². The minimum Gasteiger partial charge on any atom is -0.345 e. The van der Waals surface area contributed by atoms with Crippen LogP contribution in [0.1, 0.15) is 41.5 Å². The van der Waals surface area contributed by atoms with E-state index >= 15 is 0 Å². The van der Waals surface area contributed by atoms with E-state index in [0.29, 0.717) is 6.29 Å². The summed E-state index contributed by atoms with van der Waals surface area (Å²) in [4.78, 5) is 77.2. The average molecular weight is 485 g/mol. The first-order chi connectivity index (χ1) is 15.6. The van der Waals surface area contributed by atoms with E-state index in [1.165, 1.54) is 58.5 Å². The fourth-order valence-corrected chi connectivity index (χ4v) is 2.75. The zero-order valence-electron chi connectivity index (χ0n) is 21.8. The van der Waals surface area contributed by atoms with Crippen LogP contribution in [-0.4, -0.2) is 115 Å². The number of hydrogen-bond donors (Lipinski definition) is 3. The van der Waals surface area contributed by atoms with Gasteiger partial charge < -0.3 is 30.5 Å². The van der Waals surface area contributed by atoms with Crippen molar-refractivity contribution in [1.29, 1.82) is 0 Å². The second-order valence-electron chi connectivity index (χ2n) is 8.78. The zero-order valence-corrected chi connectivity index (χ0v) is 21.8. The number of carbonyl (C=O) groups is 6. The van der Waals surface area contributed by atoms with Crippen molar-refractivity contribution in [2.75, 3.05) is 28.2 Å². The number of aldehydes is 1. The molecule has 0 aromatic rings. The molecule has 194 valence electrons. The third-order valence-electron chi connectivity index (χ3n) is 5.80. The van der Waals surface area contributed by atoms with Crippen molar-refractivity contribution < 1.29 is 28.8 Å². The second-order valence-corrected chi connectivity index (χ2v) is 8.78. The van der Waals surface area contributed by atoms with Gasteiger partial charge in [-0.15, -0.1) is 0 Å². The maximum Gasteiger partial charge on any atom is 0.245 e. The molecule has 0 rings (SSSR count). The number of carbonyl (C=O) groups excluding carboxylic acids is 6. The number of nitrogens with one attached hydrogen (secondary N) is 3. The first-order valence-corrected chi connectivity index (χ1v) is 11.1. The second kappa shape index (κ2) is 13.6. The number of rotatable bonds is 12. The standard InChI is InChI=1S/C22H40N6O6/c1-12(11-29)23-19(31)16(5)27(9)22(34)14(3)25-20(32)17(6)28(10)21(33)13(2)24-18(30)15(4)26(7)8/h11-17H,1-10H3,(H,23,31)(H,24,30)(H,25,32). The van der Waals surface area contributed by atoms with Crippen molar-refractivity contribution in [3.8, 4) is 0 Å². The molecule has 12 heteroatoms. The molecule has 5 amide bonds. The summed E-state index contributed by atoms with van der Waals surface area (Å²) in [7, 11) is 6.34. The van der Waals surface area contributed by atoms with Crippen LogP contribution < -0.4 is 16.0 Å². The molecular formula is C22H40N6O6. The molecule has 0 aliphatic rings. The van der Waals surface area contributed by atoms with Gasteiger partial charge in [-0.2, -0.15) is 0 Å². The number of amides is 5. The first kappa shape index (κ1) is 31.0. The lowest BCUT2D eigenvalue weighted by Crippen LogP contribution is -2.57.